The van der Waals surface area contributed by atoms with Gasteiger partial charge in [-0.2, -0.15) is 0 Å². The Labute approximate surface area is 190 Å². The number of fused-ring (bicyclic) bond motifs is 3. The van der Waals surface area contributed by atoms with Crippen molar-refractivity contribution in [2.45, 2.75) is 6.54 Å². The Bertz CT molecular complexity index is 1390. The first-order chi connectivity index (χ1) is 16.0. The molecular weight excluding hydrogens is 421 g/mol. The minimum atomic E-state index is -0.654. The second kappa shape index (κ2) is 8.46. The van der Waals surface area contributed by atoms with E-state index in [0.717, 1.165) is 22.3 Å². The number of halogens is 2. The highest BCUT2D eigenvalue weighted by Gasteiger charge is 2.25. The van der Waals surface area contributed by atoms with Crippen molar-refractivity contribution < 1.29 is 13.5 Å². The summed E-state index contributed by atoms with van der Waals surface area (Å²) in [6.07, 6.45) is 1.69. The molecule has 0 aliphatic carbocycles. The van der Waals surface area contributed by atoms with Gasteiger partial charge in [-0.1, -0.05) is 35.8 Å². The van der Waals surface area contributed by atoms with Crippen molar-refractivity contribution in [1.82, 2.24) is 9.97 Å². The molecule has 0 atom stereocenters. The van der Waals surface area contributed by atoms with Crippen LogP contribution in [0.15, 0.2) is 71.9 Å². The van der Waals surface area contributed by atoms with Crippen LogP contribution in [0.5, 0.6) is 5.75 Å². The lowest BCUT2D eigenvalue weighted by Gasteiger charge is -2.14. The topological polar surface area (TPSA) is 59.4 Å². The number of benzene rings is 3. The standard InChI is InChI=1S/C25H19BF2N4O/c1-33-17-5-2-4-16(11-17)31-25-30-13-14-12-29-24(22-20(27)6-3-7-21(22)28)19-10-15(26)8-9-18(19)23(14)32-25/h2-11,13H,12,26H2,1H3,(H,30,31,32). The van der Waals surface area contributed by atoms with Crippen molar-refractivity contribution in [2.75, 3.05) is 12.4 Å². The van der Waals surface area contributed by atoms with E-state index in [1.165, 1.54) is 18.2 Å². The number of rotatable bonds is 4. The molecule has 5 rings (SSSR count). The van der Waals surface area contributed by atoms with Crippen LogP contribution in [0, 0.1) is 11.6 Å². The van der Waals surface area contributed by atoms with Gasteiger partial charge in [0.05, 0.1) is 30.6 Å². The maximum atomic E-state index is 14.7. The van der Waals surface area contributed by atoms with E-state index in [0.29, 0.717) is 23.0 Å². The van der Waals surface area contributed by atoms with E-state index in [-0.39, 0.29) is 17.8 Å². The molecule has 0 unspecified atom stereocenters. The molecule has 1 aromatic heterocycles. The molecule has 0 radical (unpaired) electrons. The number of hydrogen-bond acceptors (Lipinski definition) is 5. The molecule has 0 fully saturated rings. The maximum absolute atomic E-state index is 14.7. The van der Waals surface area contributed by atoms with Gasteiger partial charge in [-0.3, -0.25) is 4.99 Å². The van der Waals surface area contributed by atoms with Gasteiger partial charge in [0.25, 0.3) is 0 Å². The summed E-state index contributed by atoms with van der Waals surface area (Å²) in [4.78, 5) is 13.8. The molecule has 0 spiro atoms. The van der Waals surface area contributed by atoms with Crippen LogP contribution in [0.4, 0.5) is 20.4 Å². The summed E-state index contributed by atoms with van der Waals surface area (Å²) in [6.45, 7) is 0.200. The van der Waals surface area contributed by atoms with Crippen LogP contribution in [0.25, 0.3) is 11.3 Å². The molecule has 0 saturated carbocycles. The highest BCUT2D eigenvalue weighted by atomic mass is 19.1. The lowest BCUT2D eigenvalue weighted by atomic mass is 9.87. The Morgan fingerprint density at radius 3 is 2.55 bits per heavy atom. The molecule has 1 aliphatic heterocycles. The fourth-order valence-electron chi connectivity index (χ4n) is 3.89. The third kappa shape index (κ3) is 3.95. The minimum Gasteiger partial charge on any atom is -0.497 e. The van der Waals surface area contributed by atoms with Crippen LogP contribution < -0.4 is 15.5 Å². The summed E-state index contributed by atoms with van der Waals surface area (Å²) in [6, 6.07) is 17.0. The third-order valence-electron chi connectivity index (χ3n) is 5.48. The van der Waals surface area contributed by atoms with Crippen molar-refractivity contribution in [3.05, 3.63) is 95.2 Å². The normalized spacial score (nSPS) is 12.3. The van der Waals surface area contributed by atoms with Crippen LogP contribution in [0.1, 0.15) is 16.7 Å². The molecule has 162 valence electrons. The van der Waals surface area contributed by atoms with E-state index >= 15 is 0 Å². The largest absolute Gasteiger partial charge is 0.497 e. The van der Waals surface area contributed by atoms with Gasteiger partial charge in [-0.25, -0.2) is 18.7 Å². The average Bonchev–Trinajstić information content (AvgIpc) is 2.96. The lowest BCUT2D eigenvalue weighted by molar-refractivity contribution is 0.415. The number of aliphatic imine (C=N–C) groups is 1. The zero-order valence-electron chi connectivity index (χ0n) is 18.1. The number of nitrogens with zero attached hydrogens (tertiary/aromatic N) is 3. The Hall–Kier alpha value is -4.07. The van der Waals surface area contributed by atoms with Crippen LogP contribution in [0.3, 0.4) is 0 Å². The van der Waals surface area contributed by atoms with E-state index in [1.54, 1.807) is 13.3 Å². The molecule has 2 heterocycles. The molecule has 0 saturated heterocycles. The Balaban J connectivity index is 1.63. The monoisotopic (exact) mass is 440 g/mol. The molecule has 1 aliphatic rings. The van der Waals surface area contributed by atoms with Gasteiger partial charge in [0.2, 0.25) is 5.95 Å². The minimum absolute atomic E-state index is 0.139. The fraction of sp³-hybridized carbons (Fsp3) is 0.0800. The second-order valence-corrected chi connectivity index (χ2v) is 7.73. The molecule has 4 aromatic rings. The fourth-order valence-corrected chi connectivity index (χ4v) is 3.89. The van der Waals surface area contributed by atoms with E-state index in [9.17, 15) is 8.78 Å². The van der Waals surface area contributed by atoms with Gasteiger partial charge in [-0.15, -0.1) is 0 Å². The summed E-state index contributed by atoms with van der Waals surface area (Å²) in [5.74, 6) is -0.202. The average molecular weight is 440 g/mol. The first-order valence-electron chi connectivity index (χ1n) is 10.4. The number of hydrogen-bond donors (Lipinski definition) is 1. The van der Waals surface area contributed by atoms with Crippen molar-refractivity contribution in [2.24, 2.45) is 4.99 Å². The summed E-state index contributed by atoms with van der Waals surface area (Å²) >= 11 is 0. The molecule has 0 amide bonds. The molecule has 8 heteroatoms. The van der Waals surface area contributed by atoms with Crippen LogP contribution in [-0.2, 0) is 6.54 Å². The molecule has 1 N–H and O–H groups in total. The molecule has 5 nitrogen and oxygen atoms in total. The maximum Gasteiger partial charge on any atom is 0.227 e. The summed E-state index contributed by atoms with van der Waals surface area (Å²) < 4.78 is 34.7. The Kier molecular flexibility index (Phi) is 5.34. The molecule has 0 bridgehead atoms. The predicted octanol–water partition coefficient (Wildman–Crippen LogP) is 3.78. The van der Waals surface area contributed by atoms with Gasteiger partial charge in [0.1, 0.15) is 25.2 Å². The van der Waals surface area contributed by atoms with Crippen molar-refractivity contribution in [3.63, 3.8) is 0 Å². The zero-order valence-corrected chi connectivity index (χ0v) is 18.1. The van der Waals surface area contributed by atoms with Crippen LogP contribution in [-0.4, -0.2) is 30.6 Å². The summed E-state index contributed by atoms with van der Waals surface area (Å²) in [5.41, 5.74) is 4.66. The highest BCUT2D eigenvalue weighted by molar-refractivity contribution is 6.33. The van der Waals surface area contributed by atoms with Crippen molar-refractivity contribution in [1.29, 1.82) is 0 Å². The second-order valence-electron chi connectivity index (χ2n) is 7.73. The van der Waals surface area contributed by atoms with Gasteiger partial charge in [0, 0.05) is 34.6 Å². The van der Waals surface area contributed by atoms with E-state index in [4.69, 9.17) is 9.72 Å². The van der Waals surface area contributed by atoms with E-state index in [2.05, 4.69) is 15.3 Å². The Morgan fingerprint density at radius 2 is 1.76 bits per heavy atom. The third-order valence-corrected chi connectivity index (χ3v) is 5.48. The van der Waals surface area contributed by atoms with Gasteiger partial charge in [-0.05, 0) is 24.3 Å². The zero-order chi connectivity index (χ0) is 22.9. The summed E-state index contributed by atoms with van der Waals surface area (Å²) in [5, 5.41) is 3.19. The predicted molar refractivity (Wildman–Crippen MR) is 128 cm³/mol. The number of methoxy groups -OCH3 is 1. The number of nitrogens with one attached hydrogen (secondary N) is 1. The highest BCUT2D eigenvalue weighted by Crippen LogP contribution is 2.33. The molecule has 3 aromatic carbocycles. The summed E-state index contributed by atoms with van der Waals surface area (Å²) in [7, 11) is 3.53. The first kappa shape index (κ1) is 20.8. The van der Waals surface area contributed by atoms with E-state index < -0.39 is 11.6 Å². The SMILES string of the molecule is Bc1ccc2c(c1)C(c1c(F)cccc1F)=NCc1cnc(Nc3cccc(OC)c3)nc1-2. The van der Waals surface area contributed by atoms with Gasteiger partial charge in [0.15, 0.2) is 0 Å². The lowest BCUT2D eigenvalue weighted by Crippen LogP contribution is -2.14. The quantitative estimate of drug-likeness (QED) is 0.491. The number of aromatic nitrogens is 2. The van der Waals surface area contributed by atoms with Crippen LogP contribution >= 0.6 is 0 Å². The number of anilines is 2. The van der Waals surface area contributed by atoms with Gasteiger partial charge >= 0.3 is 0 Å². The molecule has 33 heavy (non-hydrogen) atoms. The number of ether oxygens (including phenoxy) is 1. The molecular formula is C25H19BF2N4O. The van der Waals surface area contributed by atoms with Gasteiger partial charge < -0.3 is 10.1 Å². The first-order valence-corrected chi connectivity index (χ1v) is 10.4. The van der Waals surface area contributed by atoms with Crippen LogP contribution in [0.2, 0.25) is 0 Å². The Morgan fingerprint density at radius 1 is 0.970 bits per heavy atom. The van der Waals surface area contributed by atoms with Crippen molar-refractivity contribution >= 4 is 30.7 Å². The van der Waals surface area contributed by atoms with E-state index in [1.807, 2.05) is 50.3 Å². The van der Waals surface area contributed by atoms with Crippen molar-refractivity contribution in [3.8, 4) is 17.0 Å². The smallest absolute Gasteiger partial charge is 0.227 e.